The zero-order valence-corrected chi connectivity index (χ0v) is 8.36. The van der Waals surface area contributed by atoms with Crippen LogP contribution in [-0.2, 0) is 7.05 Å². The summed E-state index contributed by atoms with van der Waals surface area (Å²) < 4.78 is 1.63. The molecule has 0 aliphatic rings. The summed E-state index contributed by atoms with van der Waals surface area (Å²) in [6, 6.07) is 5.31. The van der Waals surface area contributed by atoms with Gasteiger partial charge in [-0.15, -0.1) is 5.10 Å². The Balaban J connectivity index is 2.52. The number of hydrogen-bond acceptors (Lipinski definition) is 3. The van der Waals surface area contributed by atoms with Gasteiger partial charge in [0.05, 0.1) is 6.20 Å². The summed E-state index contributed by atoms with van der Waals surface area (Å²) in [7, 11) is 1.81. The molecule has 0 radical (unpaired) electrons. The minimum absolute atomic E-state index is 0.609. The van der Waals surface area contributed by atoms with Crippen LogP contribution in [0.1, 0.15) is 0 Å². The van der Waals surface area contributed by atoms with Crippen molar-refractivity contribution in [3.8, 4) is 11.3 Å². The number of nitrogen functional groups attached to an aromatic ring is 1. The standard InChI is InChI=1S/C9H9ClN4/c1-14-5-9(12-13-14)7-3-2-6(10)4-8(7)11/h2-5H,11H2,1H3. The van der Waals surface area contributed by atoms with Crippen LogP contribution >= 0.6 is 11.6 Å². The molecule has 0 fully saturated rings. The maximum Gasteiger partial charge on any atom is 0.115 e. The predicted molar refractivity (Wildman–Crippen MR) is 55.9 cm³/mol. The van der Waals surface area contributed by atoms with Gasteiger partial charge >= 0.3 is 0 Å². The minimum atomic E-state index is 0.609. The molecule has 0 saturated carbocycles. The molecule has 0 saturated heterocycles. The Morgan fingerprint density at radius 2 is 2.21 bits per heavy atom. The van der Waals surface area contributed by atoms with E-state index >= 15 is 0 Å². The van der Waals surface area contributed by atoms with Gasteiger partial charge in [0.25, 0.3) is 0 Å². The molecular formula is C9H9ClN4. The van der Waals surface area contributed by atoms with E-state index in [4.69, 9.17) is 17.3 Å². The average molecular weight is 209 g/mol. The SMILES string of the molecule is Cn1cc(-c2ccc(Cl)cc2N)nn1. The number of benzene rings is 1. The molecule has 0 bridgehead atoms. The van der Waals surface area contributed by atoms with Crippen LogP contribution in [0.3, 0.4) is 0 Å². The number of aromatic nitrogens is 3. The van der Waals surface area contributed by atoms with Crippen LogP contribution in [0, 0.1) is 0 Å². The van der Waals surface area contributed by atoms with Gasteiger partial charge in [-0.25, -0.2) is 0 Å². The molecule has 2 rings (SSSR count). The Labute approximate surface area is 86.3 Å². The number of nitrogens with zero attached hydrogens (tertiary/aromatic N) is 3. The molecule has 1 heterocycles. The van der Waals surface area contributed by atoms with Gasteiger partial charge in [0.1, 0.15) is 5.69 Å². The van der Waals surface area contributed by atoms with Crippen LogP contribution < -0.4 is 5.73 Å². The fourth-order valence-electron chi connectivity index (χ4n) is 1.24. The van der Waals surface area contributed by atoms with Crippen molar-refractivity contribution in [2.45, 2.75) is 0 Å². The van der Waals surface area contributed by atoms with E-state index in [1.807, 2.05) is 13.1 Å². The number of anilines is 1. The van der Waals surface area contributed by atoms with Crippen LogP contribution in [0.2, 0.25) is 5.02 Å². The summed E-state index contributed by atoms with van der Waals surface area (Å²) in [6.07, 6.45) is 1.81. The quantitative estimate of drug-likeness (QED) is 0.726. The monoisotopic (exact) mass is 208 g/mol. The van der Waals surface area contributed by atoms with E-state index in [0.29, 0.717) is 10.7 Å². The fourth-order valence-corrected chi connectivity index (χ4v) is 1.42. The lowest BCUT2D eigenvalue weighted by atomic mass is 10.1. The van der Waals surface area contributed by atoms with E-state index in [1.54, 1.807) is 23.0 Å². The van der Waals surface area contributed by atoms with Crippen LogP contribution in [0.25, 0.3) is 11.3 Å². The maximum absolute atomic E-state index is 5.80. The molecule has 72 valence electrons. The highest BCUT2D eigenvalue weighted by Crippen LogP contribution is 2.26. The first-order valence-corrected chi connectivity index (χ1v) is 4.46. The predicted octanol–water partition coefficient (Wildman–Crippen LogP) is 1.72. The smallest absolute Gasteiger partial charge is 0.115 e. The molecule has 5 heteroatoms. The van der Waals surface area contributed by atoms with Gasteiger partial charge in [-0.1, -0.05) is 16.8 Å². The molecule has 0 unspecified atom stereocenters. The van der Waals surface area contributed by atoms with Crippen molar-refractivity contribution < 1.29 is 0 Å². The molecule has 14 heavy (non-hydrogen) atoms. The first-order chi connectivity index (χ1) is 6.66. The lowest BCUT2D eigenvalue weighted by Gasteiger charge is -2.01. The summed E-state index contributed by atoms with van der Waals surface area (Å²) >= 11 is 5.79. The fraction of sp³-hybridized carbons (Fsp3) is 0.111. The van der Waals surface area contributed by atoms with Crippen molar-refractivity contribution in [1.82, 2.24) is 15.0 Å². The second kappa shape index (κ2) is 3.31. The summed E-state index contributed by atoms with van der Waals surface area (Å²) in [5.41, 5.74) is 8.01. The Kier molecular flexibility index (Phi) is 2.13. The van der Waals surface area contributed by atoms with Crippen molar-refractivity contribution in [2.24, 2.45) is 7.05 Å². The summed E-state index contributed by atoms with van der Waals surface area (Å²) in [6.45, 7) is 0. The van der Waals surface area contributed by atoms with Crippen molar-refractivity contribution >= 4 is 17.3 Å². The molecule has 0 spiro atoms. The lowest BCUT2D eigenvalue weighted by molar-refractivity contribution is 0.715. The van der Waals surface area contributed by atoms with E-state index < -0.39 is 0 Å². The van der Waals surface area contributed by atoms with E-state index in [1.165, 1.54) is 0 Å². The number of rotatable bonds is 1. The lowest BCUT2D eigenvalue weighted by Crippen LogP contribution is -1.89. The Morgan fingerprint density at radius 3 is 2.79 bits per heavy atom. The number of nitrogens with two attached hydrogens (primary N) is 1. The molecule has 2 aromatic rings. The van der Waals surface area contributed by atoms with E-state index in [9.17, 15) is 0 Å². The van der Waals surface area contributed by atoms with Crippen LogP contribution in [0.15, 0.2) is 24.4 Å². The molecule has 2 N–H and O–H groups in total. The Hall–Kier alpha value is -1.55. The maximum atomic E-state index is 5.80. The molecule has 4 nitrogen and oxygen atoms in total. The Morgan fingerprint density at radius 1 is 1.43 bits per heavy atom. The third kappa shape index (κ3) is 1.56. The Bertz CT molecular complexity index is 464. The second-order valence-corrected chi connectivity index (χ2v) is 3.45. The molecule has 0 amide bonds. The highest BCUT2D eigenvalue weighted by Gasteiger charge is 2.06. The van der Waals surface area contributed by atoms with Gasteiger partial charge in [0.15, 0.2) is 0 Å². The van der Waals surface area contributed by atoms with Gasteiger partial charge in [0, 0.05) is 23.3 Å². The normalized spacial score (nSPS) is 10.4. The first kappa shape index (κ1) is 9.02. The summed E-state index contributed by atoms with van der Waals surface area (Å²) in [5, 5.41) is 8.42. The largest absolute Gasteiger partial charge is 0.398 e. The van der Waals surface area contributed by atoms with Gasteiger partial charge in [-0.05, 0) is 18.2 Å². The van der Waals surface area contributed by atoms with Crippen molar-refractivity contribution in [3.05, 3.63) is 29.4 Å². The molecule has 1 aromatic heterocycles. The van der Waals surface area contributed by atoms with Gasteiger partial charge in [-0.3, -0.25) is 4.68 Å². The van der Waals surface area contributed by atoms with Crippen LogP contribution in [0.5, 0.6) is 0 Å². The van der Waals surface area contributed by atoms with Gasteiger partial charge < -0.3 is 5.73 Å². The highest BCUT2D eigenvalue weighted by molar-refractivity contribution is 6.31. The molecule has 1 aromatic carbocycles. The van der Waals surface area contributed by atoms with E-state index in [0.717, 1.165) is 11.3 Å². The van der Waals surface area contributed by atoms with E-state index in [2.05, 4.69) is 10.3 Å². The highest BCUT2D eigenvalue weighted by atomic mass is 35.5. The third-order valence-electron chi connectivity index (χ3n) is 1.89. The van der Waals surface area contributed by atoms with E-state index in [-0.39, 0.29) is 0 Å². The zero-order chi connectivity index (χ0) is 10.1. The number of halogens is 1. The molecule has 0 atom stereocenters. The van der Waals surface area contributed by atoms with Gasteiger partial charge in [-0.2, -0.15) is 0 Å². The average Bonchev–Trinajstić information content (AvgIpc) is 2.51. The topological polar surface area (TPSA) is 56.7 Å². The van der Waals surface area contributed by atoms with Crippen LogP contribution in [-0.4, -0.2) is 15.0 Å². The summed E-state index contributed by atoms with van der Waals surface area (Å²) in [5.74, 6) is 0. The van der Waals surface area contributed by atoms with Crippen molar-refractivity contribution in [2.75, 3.05) is 5.73 Å². The summed E-state index contributed by atoms with van der Waals surface area (Å²) in [4.78, 5) is 0. The second-order valence-electron chi connectivity index (χ2n) is 3.01. The van der Waals surface area contributed by atoms with Crippen molar-refractivity contribution in [3.63, 3.8) is 0 Å². The van der Waals surface area contributed by atoms with Crippen molar-refractivity contribution in [1.29, 1.82) is 0 Å². The third-order valence-corrected chi connectivity index (χ3v) is 2.13. The molecule has 0 aliphatic heterocycles. The number of aryl methyl sites for hydroxylation is 1. The number of hydrogen-bond donors (Lipinski definition) is 1. The zero-order valence-electron chi connectivity index (χ0n) is 7.61. The minimum Gasteiger partial charge on any atom is -0.398 e. The molecular weight excluding hydrogens is 200 g/mol. The van der Waals surface area contributed by atoms with Crippen LogP contribution in [0.4, 0.5) is 5.69 Å². The molecule has 0 aliphatic carbocycles. The first-order valence-electron chi connectivity index (χ1n) is 4.08. The van der Waals surface area contributed by atoms with Gasteiger partial charge in [0.2, 0.25) is 0 Å².